The first-order chi connectivity index (χ1) is 9.08. The molecule has 2 aromatic heterocycles. The summed E-state index contributed by atoms with van der Waals surface area (Å²) in [5, 5.41) is 12.6. The van der Waals surface area contributed by atoms with Crippen molar-refractivity contribution >= 4 is 5.91 Å². The van der Waals surface area contributed by atoms with Gasteiger partial charge in [-0.2, -0.15) is 0 Å². The molecule has 0 aromatic carbocycles. The third-order valence-electron chi connectivity index (χ3n) is 2.92. The van der Waals surface area contributed by atoms with Crippen LogP contribution in [0.2, 0.25) is 0 Å². The Bertz CT molecular complexity index is 542. The summed E-state index contributed by atoms with van der Waals surface area (Å²) in [6.45, 7) is 3.93. The van der Waals surface area contributed by atoms with Gasteiger partial charge in [0.2, 0.25) is 0 Å². The predicted octanol–water partition coefficient (Wildman–Crippen LogP) is 2.34. The van der Waals surface area contributed by atoms with Crippen molar-refractivity contribution in [2.45, 2.75) is 26.4 Å². The van der Waals surface area contributed by atoms with Crippen LogP contribution in [0.5, 0.6) is 0 Å². The molecule has 0 saturated carbocycles. The van der Waals surface area contributed by atoms with Gasteiger partial charge in [-0.1, -0.05) is 0 Å². The van der Waals surface area contributed by atoms with Crippen LogP contribution in [0, 0.1) is 13.8 Å². The van der Waals surface area contributed by atoms with Crippen LogP contribution in [-0.4, -0.2) is 17.6 Å². The summed E-state index contributed by atoms with van der Waals surface area (Å²) in [6, 6.07) is 3.41. The van der Waals surface area contributed by atoms with E-state index in [4.69, 9.17) is 8.83 Å². The van der Waals surface area contributed by atoms with Gasteiger partial charge in [0.25, 0.3) is 5.91 Å². The molecule has 0 fully saturated rings. The quantitative estimate of drug-likeness (QED) is 0.868. The van der Waals surface area contributed by atoms with Crippen LogP contribution < -0.4 is 5.32 Å². The normalized spacial score (nSPS) is 12.4. The molecule has 0 aliphatic rings. The Labute approximate surface area is 111 Å². The van der Waals surface area contributed by atoms with Crippen molar-refractivity contribution in [3.8, 4) is 0 Å². The molecule has 102 valence electrons. The molecule has 5 nitrogen and oxygen atoms in total. The molecule has 1 amide bonds. The molecule has 2 heterocycles. The highest BCUT2D eigenvalue weighted by Crippen LogP contribution is 2.16. The van der Waals surface area contributed by atoms with Gasteiger partial charge in [0, 0.05) is 12.1 Å². The monoisotopic (exact) mass is 263 g/mol. The van der Waals surface area contributed by atoms with Crippen LogP contribution >= 0.6 is 0 Å². The summed E-state index contributed by atoms with van der Waals surface area (Å²) < 4.78 is 10.2. The molecule has 19 heavy (non-hydrogen) atoms. The lowest BCUT2D eigenvalue weighted by Crippen LogP contribution is -2.25. The highest BCUT2D eigenvalue weighted by atomic mass is 16.3. The standard InChI is InChI=1S/C14H17NO4/c1-9-7-12(10(2)19-9)14(17)15-5-3-13(16)11-4-6-18-8-11/h4,6-8,13,16H,3,5H2,1-2H3,(H,15,17)/t13-/m1/s1. The Hall–Kier alpha value is -2.01. The van der Waals surface area contributed by atoms with E-state index in [0.29, 0.717) is 35.6 Å². The smallest absolute Gasteiger partial charge is 0.254 e. The maximum Gasteiger partial charge on any atom is 0.254 e. The average Bonchev–Trinajstić information content (AvgIpc) is 2.98. The van der Waals surface area contributed by atoms with E-state index in [1.54, 1.807) is 26.0 Å². The minimum Gasteiger partial charge on any atom is -0.472 e. The first-order valence-electron chi connectivity index (χ1n) is 6.13. The highest BCUT2D eigenvalue weighted by Gasteiger charge is 2.14. The number of carbonyl (C=O) groups is 1. The Kier molecular flexibility index (Phi) is 4.06. The van der Waals surface area contributed by atoms with E-state index in [9.17, 15) is 9.90 Å². The number of nitrogens with one attached hydrogen (secondary N) is 1. The molecule has 1 atom stereocenters. The number of aliphatic hydroxyl groups excluding tert-OH is 1. The molecule has 0 radical (unpaired) electrons. The molecule has 0 bridgehead atoms. The SMILES string of the molecule is Cc1cc(C(=O)NCC[C@@H](O)c2ccoc2)c(C)o1. The molecule has 2 rings (SSSR count). The second-order valence-corrected chi connectivity index (χ2v) is 4.44. The van der Waals surface area contributed by atoms with Crippen LogP contribution in [0.3, 0.4) is 0 Å². The maximum absolute atomic E-state index is 11.9. The summed E-state index contributed by atoms with van der Waals surface area (Å²) in [5.74, 6) is 1.13. The number of aliphatic hydroxyl groups is 1. The molecule has 0 aliphatic heterocycles. The second kappa shape index (κ2) is 5.75. The van der Waals surface area contributed by atoms with Crippen molar-refractivity contribution in [2.75, 3.05) is 6.54 Å². The second-order valence-electron chi connectivity index (χ2n) is 4.44. The highest BCUT2D eigenvalue weighted by molar-refractivity contribution is 5.95. The van der Waals surface area contributed by atoms with Crippen LogP contribution in [0.15, 0.2) is 33.5 Å². The molecular weight excluding hydrogens is 246 g/mol. The Morgan fingerprint density at radius 2 is 2.26 bits per heavy atom. The van der Waals surface area contributed by atoms with Gasteiger partial charge in [-0.3, -0.25) is 4.79 Å². The number of carbonyl (C=O) groups excluding carboxylic acids is 1. The number of hydrogen-bond donors (Lipinski definition) is 2. The lowest BCUT2D eigenvalue weighted by Gasteiger charge is -2.09. The lowest BCUT2D eigenvalue weighted by atomic mass is 10.1. The Morgan fingerprint density at radius 3 is 2.84 bits per heavy atom. The van der Waals surface area contributed by atoms with Gasteiger partial charge in [0.05, 0.1) is 24.2 Å². The zero-order chi connectivity index (χ0) is 13.8. The average molecular weight is 263 g/mol. The molecule has 0 spiro atoms. The number of rotatable bonds is 5. The van der Waals surface area contributed by atoms with E-state index < -0.39 is 6.10 Å². The van der Waals surface area contributed by atoms with Crippen molar-refractivity contribution in [3.05, 3.63) is 47.3 Å². The van der Waals surface area contributed by atoms with Gasteiger partial charge in [-0.15, -0.1) is 0 Å². The van der Waals surface area contributed by atoms with Crippen molar-refractivity contribution in [3.63, 3.8) is 0 Å². The third kappa shape index (κ3) is 3.26. The van der Waals surface area contributed by atoms with E-state index in [1.165, 1.54) is 12.5 Å². The maximum atomic E-state index is 11.9. The van der Waals surface area contributed by atoms with E-state index in [2.05, 4.69) is 5.32 Å². The van der Waals surface area contributed by atoms with E-state index >= 15 is 0 Å². The van der Waals surface area contributed by atoms with Gasteiger partial charge in [-0.25, -0.2) is 0 Å². The third-order valence-corrected chi connectivity index (χ3v) is 2.92. The predicted molar refractivity (Wildman–Crippen MR) is 68.8 cm³/mol. The van der Waals surface area contributed by atoms with Crippen molar-refractivity contribution < 1.29 is 18.7 Å². The van der Waals surface area contributed by atoms with E-state index in [1.807, 2.05) is 0 Å². The van der Waals surface area contributed by atoms with Crippen molar-refractivity contribution in [2.24, 2.45) is 0 Å². The van der Waals surface area contributed by atoms with Gasteiger partial charge in [-0.05, 0) is 32.4 Å². The van der Waals surface area contributed by atoms with Crippen LogP contribution in [0.1, 0.15) is 40.0 Å². The first kappa shape index (κ1) is 13.4. The molecule has 5 heteroatoms. The molecule has 2 N–H and O–H groups in total. The fourth-order valence-corrected chi connectivity index (χ4v) is 1.91. The van der Waals surface area contributed by atoms with Crippen molar-refractivity contribution in [1.82, 2.24) is 5.32 Å². The van der Waals surface area contributed by atoms with Crippen LogP contribution in [-0.2, 0) is 0 Å². The van der Waals surface area contributed by atoms with Gasteiger partial charge < -0.3 is 19.3 Å². The summed E-state index contributed by atoms with van der Waals surface area (Å²) >= 11 is 0. The summed E-state index contributed by atoms with van der Waals surface area (Å²) in [5.41, 5.74) is 1.25. The van der Waals surface area contributed by atoms with Gasteiger partial charge in [0.1, 0.15) is 11.5 Å². The largest absolute Gasteiger partial charge is 0.472 e. The summed E-state index contributed by atoms with van der Waals surface area (Å²) in [6.07, 6.45) is 2.80. The lowest BCUT2D eigenvalue weighted by molar-refractivity contribution is 0.0941. The summed E-state index contributed by atoms with van der Waals surface area (Å²) in [4.78, 5) is 11.9. The van der Waals surface area contributed by atoms with E-state index in [-0.39, 0.29) is 5.91 Å². The molecular formula is C14H17NO4. The number of amides is 1. The fourth-order valence-electron chi connectivity index (χ4n) is 1.91. The number of furan rings is 2. The zero-order valence-corrected chi connectivity index (χ0v) is 11.0. The van der Waals surface area contributed by atoms with Gasteiger partial charge >= 0.3 is 0 Å². The number of hydrogen-bond acceptors (Lipinski definition) is 4. The van der Waals surface area contributed by atoms with Crippen LogP contribution in [0.4, 0.5) is 0 Å². The topological polar surface area (TPSA) is 75.6 Å². The Morgan fingerprint density at radius 1 is 1.47 bits per heavy atom. The van der Waals surface area contributed by atoms with E-state index in [0.717, 1.165) is 0 Å². The summed E-state index contributed by atoms with van der Waals surface area (Å²) in [7, 11) is 0. The minimum atomic E-state index is -0.633. The minimum absolute atomic E-state index is 0.186. The molecule has 0 aliphatic carbocycles. The molecule has 0 saturated heterocycles. The molecule has 2 aromatic rings. The zero-order valence-electron chi connectivity index (χ0n) is 11.0. The fraction of sp³-hybridized carbons (Fsp3) is 0.357. The first-order valence-corrected chi connectivity index (χ1v) is 6.13. The Balaban J connectivity index is 1.83. The number of aryl methyl sites for hydroxylation is 2. The van der Waals surface area contributed by atoms with Crippen LogP contribution in [0.25, 0.3) is 0 Å². The van der Waals surface area contributed by atoms with Gasteiger partial charge in [0.15, 0.2) is 0 Å². The van der Waals surface area contributed by atoms with Crippen molar-refractivity contribution in [1.29, 1.82) is 0 Å². The molecule has 0 unspecified atom stereocenters.